The van der Waals surface area contributed by atoms with Crippen molar-refractivity contribution in [2.24, 2.45) is 5.92 Å². The molecule has 1 aliphatic heterocycles. The van der Waals surface area contributed by atoms with Crippen LogP contribution in [-0.4, -0.2) is 59.1 Å². The van der Waals surface area contributed by atoms with Gasteiger partial charge >= 0.3 is 0 Å². The quantitative estimate of drug-likeness (QED) is 0.798. The molecule has 0 unspecified atom stereocenters. The van der Waals surface area contributed by atoms with Crippen molar-refractivity contribution in [2.75, 3.05) is 32.7 Å². The number of aromatic nitrogens is 2. The largest absolute Gasteiger partial charge is 0.302 e. The summed E-state index contributed by atoms with van der Waals surface area (Å²) in [6, 6.07) is 5.22. The lowest BCUT2D eigenvalue weighted by Crippen LogP contribution is -2.37. The number of rotatable bonds is 4. The lowest BCUT2D eigenvalue weighted by Gasteiger charge is -2.28. The Balaban J connectivity index is 1.47. The summed E-state index contributed by atoms with van der Waals surface area (Å²) in [5.74, 6) is 0.793. The second kappa shape index (κ2) is 7.88. The van der Waals surface area contributed by atoms with Crippen molar-refractivity contribution in [1.29, 1.82) is 0 Å². The van der Waals surface area contributed by atoms with Gasteiger partial charge in [0.25, 0.3) is 0 Å². The van der Waals surface area contributed by atoms with Gasteiger partial charge in [0.1, 0.15) is 15.9 Å². The number of fused-ring (bicyclic) bond motifs is 1. The lowest BCUT2D eigenvalue weighted by molar-refractivity contribution is 0.208. The molecule has 0 bridgehead atoms. The van der Waals surface area contributed by atoms with E-state index in [2.05, 4.69) is 13.6 Å². The van der Waals surface area contributed by atoms with Crippen LogP contribution in [0, 0.1) is 5.92 Å². The zero-order chi connectivity index (χ0) is 18.0. The lowest BCUT2D eigenvalue weighted by atomic mass is 9.89. The standard InChI is InChI=1S/C18H26N4O2S2/c23-26(24,17-9-4-8-16-18(17)20-25-19-16)22-11-5-10-21(12-13-22)14-15-6-2-1-3-7-15/h4,8-9,15H,1-3,5-7,10-14H2. The Bertz CT molecular complexity index is 846. The minimum atomic E-state index is -3.53. The fourth-order valence-electron chi connectivity index (χ4n) is 4.23. The third-order valence-corrected chi connectivity index (χ3v) is 8.13. The Morgan fingerprint density at radius 3 is 2.69 bits per heavy atom. The average Bonchev–Trinajstić information content (AvgIpc) is 3.01. The molecule has 2 aliphatic rings. The van der Waals surface area contributed by atoms with Crippen LogP contribution in [0.5, 0.6) is 0 Å². The zero-order valence-corrected chi connectivity index (χ0v) is 16.6. The molecule has 1 saturated heterocycles. The molecule has 142 valence electrons. The van der Waals surface area contributed by atoms with Gasteiger partial charge in [0.15, 0.2) is 0 Å². The van der Waals surface area contributed by atoms with Crippen LogP contribution in [0.25, 0.3) is 11.0 Å². The van der Waals surface area contributed by atoms with Gasteiger partial charge in [-0.15, -0.1) is 0 Å². The highest BCUT2D eigenvalue weighted by atomic mass is 32.2. The normalized spacial score (nSPS) is 21.8. The summed E-state index contributed by atoms with van der Waals surface area (Å²) >= 11 is 1.06. The van der Waals surface area contributed by atoms with Gasteiger partial charge in [0.05, 0.1) is 11.7 Å². The summed E-state index contributed by atoms with van der Waals surface area (Å²) in [7, 11) is -3.53. The van der Waals surface area contributed by atoms with Crippen molar-refractivity contribution in [2.45, 2.75) is 43.4 Å². The Labute approximate surface area is 159 Å². The molecule has 2 fully saturated rings. The Hall–Kier alpha value is -1.09. The van der Waals surface area contributed by atoms with E-state index in [9.17, 15) is 8.42 Å². The van der Waals surface area contributed by atoms with E-state index in [4.69, 9.17) is 0 Å². The number of hydrogen-bond acceptors (Lipinski definition) is 6. The van der Waals surface area contributed by atoms with E-state index in [1.54, 1.807) is 16.4 Å². The second-order valence-corrected chi connectivity index (χ2v) is 9.89. The van der Waals surface area contributed by atoms with Crippen molar-refractivity contribution in [1.82, 2.24) is 18.0 Å². The molecule has 2 heterocycles. The monoisotopic (exact) mass is 394 g/mol. The summed E-state index contributed by atoms with van der Waals surface area (Å²) in [6.07, 6.45) is 7.63. The van der Waals surface area contributed by atoms with Crippen LogP contribution in [0.15, 0.2) is 23.1 Å². The summed E-state index contributed by atoms with van der Waals surface area (Å²) in [6.45, 7) is 4.08. The highest BCUT2D eigenvalue weighted by Gasteiger charge is 2.30. The van der Waals surface area contributed by atoms with E-state index < -0.39 is 10.0 Å². The van der Waals surface area contributed by atoms with Crippen LogP contribution in [0.4, 0.5) is 0 Å². The molecule has 1 saturated carbocycles. The molecule has 0 spiro atoms. The first-order chi connectivity index (χ1) is 12.6. The molecule has 4 rings (SSSR count). The van der Waals surface area contributed by atoms with Gasteiger partial charge in [0.2, 0.25) is 10.0 Å². The van der Waals surface area contributed by atoms with Crippen molar-refractivity contribution in [3.63, 3.8) is 0 Å². The number of benzene rings is 1. The molecule has 2 aromatic rings. The summed E-state index contributed by atoms with van der Waals surface area (Å²) in [5.41, 5.74) is 1.16. The summed E-state index contributed by atoms with van der Waals surface area (Å²) in [5, 5.41) is 0. The minimum absolute atomic E-state index is 0.296. The van der Waals surface area contributed by atoms with Crippen LogP contribution in [-0.2, 0) is 10.0 Å². The van der Waals surface area contributed by atoms with E-state index in [-0.39, 0.29) is 0 Å². The smallest absolute Gasteiger partial charge is 0.245 e. The van der Waals surface area contributed by atoms with E-state index >= 15 is 0 Å². The van der Waals surface area contributed by atoms with Crippen molar-refractivity contribution < 1.29 is 8.42 Å². The number of hydrogen-bond donors (Lipinski definition) is 0. The van der Waals surface area contributed by atoms with Crippen LogP contribution < -0.4 is 0 Å². The first kappa shape index (κ1) is 18.3. The van der Waals surface area contributed by atoms with Crippen molar-refractivity contribution in [3.05, 3.63) is 18.2 Å². The van der Waals surface area contributed by atoms with Gasteiger partial charge in [-0.25, -0.2) is 8.42 Å². The van der Waals surface area contributed by atoms with Crippen LogP contribution >= 0.6 is 11.7 Å². The second-order valence-electron chi connectivity index (χ2n) is 7.45. The summed E-state index contributed by atoms with van der Waals surface area (Å²) in [4.78, 5) is 2.76. The third kappa shape index (κ3) is 3.78. The SMILES string of the molecule is O=S(=O)(c1cccc2nsnc12)N1CCCN(CC2CCCCC2)CC1. The van der Waals surface area contributed by atoms with E-state index in [1.165, 1.54) is 32.1 Å². The summed E-state index contributed by atoms with van der Waals surface area (Å²) < 4.78 is 36.4. The Morgan fingerprint density at radius 2 is 1.85 bits per heavy atom. The predicted octanol–water partition coefficient (Wildman–Crippen LogP) is 2.97. The van der Waals surface area contributed by atoms with E-state index in [0.717, 1.165) is 43.7 Å². The maximum Gasteiger partial charge on any atom is 0.245 e. The fourth-order valence-corrected chi connectivity index (χ4v) is 6.46. The molecule has 26 heavy (non-hydrogen) atoms. The van der Waals surface area contributed by atoms with Crippen LogP contribution in [0.2, 0.25) is 0 Å². The zero-order valence-electron chi connectivity index (χ0n) is 15.0. The highest BCUT2D eigenvalue weighted by Crippen LogP contribution is 2.27. The molecule has 6 nitrogen and oxygen atoms in total. The molecule has 0 radical (unpaired) electrons. The molecular weight excluding hydrogens is 368 g/mol. The molecule has 0 N–H and O–H groups in total. The topological polar surface area (TPSA) is 66.4 Å². The fraction of sp³-hybridized carbons (Fsp3) is 0.667. The average molecular weight is 395 g/mol. The van der Waals surface area contributed by atoms with Gasteiger partial charge < -0.3 is 4.90 Å². The van der Waals surface area contributed by atoms with Crippen molar-refractivity contribution >= 4 is 32.8 Å². The van der Waals surface area contributed by atoms with E-state index in [1.807, 2.05) is 6.07 Å². The molecule has 1 aliphatic carbocycles. The Morgan fingerprint density at radius 1 is 1.00 bits per heavy atom. The molecule has 0 atom stereocenters. The van der Waals surface area contributed by atoms with Crippen molar-refractivity contribution in [3.8, 4) is 0 Å². The van der Waals surface area contributed by atoms with Gasteiger partial charge in [-0.3, -0.25) is 0 Å². The maximum atomic E-state index is 13.2. The number of sulfonamides is 1. The molecule has 0 amide bonds. The minimum Gasteiger partial charge on any atom is -0.302 e. The van der Waals surface area contributed by atoms with Crippen LogP contribution in [0.3, 0.4) is 0 Å². The predicted molar refractivity (Wildman–Crippen MR) is 104 cm³/mol. The molecule has 8 heteroatoms. The van der Waals surface area contributed by atoms with Gasteiger partial charge in [-0.2, -0.15) is 13.1 Å². The highest BCUT2D eigenvalue weighted by molar-refractivity contribution is 7.89. The first-order valence-electron chi connectivity index (χ1n) is 9.58. The molecule has 1 aromatic carbocycles. The van der Waals surface area contributed by atoms with E-state index in [0.29, 0.717) is 29.0 Å². The first-order valence-corrected chi connectivity index (χ1v) is 11.8. The van der Waals surface area contributed by atoms with Gasteiger partial charge in [-0.05, 0) is 43.9 Å². The maximum absolute atomic E-state index is 13.2. The van der Waals surface area contributed by atoms with Crippen LogP contribution in [0.1, 0.15) is 38.5 Å². The molecular formula is C18H26N4O2S2. The molecule has 1 aromatic heterocycles. The third-order valence-electron chi connectivity index (χ3n) is 5.66. The Kier molecular flexibility index (Phi) is 5.54. The van der Waals surface area contributed by atoms with Gasteiger partial charge in [-0.1, -0.05) is 25.3 Å². The number of nitrogens with zero attached hydrogens (tertiary/aromatic N) is 4. The van der Waals surface area contributed by atoms with Gasteiger partial charge in [0, 0.05) is 26.2 Å².